The van der Waals surface area contributed by atoms with E-state index in [4.69, 9.17) is 0 Å². The van der Waals surface area contributed by atoms with Gasteiger partial charge < -0.3 is 5.32 Å². The van der Waals surface area contributed by atoms with Crippen molar-refractivity contribution in [3.8, 4) is 0 Å². The summed E-state index contributed by atoms with van der Waals surface area (Å²) < 4.78 is 23.7. The second-order valence-corrected chi connectivity index (χ2v) is 7.22. The highest BCUT2D eigenvalue weighted by atomic mass is 32.2. The number of hydrogen-bond acceptors (Lipinski definition) is 5. The van der Waals surface area contributed by atoms with Crippen molar-refractivity contribution in [2.75, 3.05) is 43.9 Å². The molecular formula is C9H20N2O2S2. The third-order valence-electron chi connectivity index (χ3n) is 2.66. The summed E-state index contributed by atoms with van der Waals surface area (Å²) in [5.74, 6) is 2.01. The largest absolute Gasteiger partial charge is 0.318 e. The Bertz CT molecular complexity index is 280. The molecule has 1 unspecified atom stereocenters. The fourth-order valence-corrected chi connectivity index (χ4v) is 4.76. The molecule has 0 aromatic rings. The number of thioether (sulfide) groups is 1. The van der Waals surface area contributed by atoms with Gasteiger partial charge in [-0.05, 0) is 7.05 Å². The van der Waals surface area contributed by atoms with Crippen LogP contribution in [0.5, 0.6) is 0 Å². The Morgan fingerprint density at radius 2 is 2.27 bits per heavy atom. The van der Waals surface area contributed by atoms with E-state index in [0.29, 0.717) is 0 Å². The lowest BCUT2D eigenvalue weighted by atomic mass is 10.4. The minimum Gasteiger partial charge on any atom is -0.318 e. The quantitative estimate of drug-likeness (QED) is 0.747. The summed E-state index contributed by atoms with van der Waals surface area (Å²) in [6.07, 6.45) is 0. The van der Waals surface area contributed by atoms with Crippen LogP contribution in [0.25, 0.3) is 0 Å². The summed E-state index contributed by atoms with van der Waals surface area (Å²) in [6, 6.07) is 0. The maximum absolute atomic E-state index is 11.9. The molecule has 90 valence electrons. The molecule has 0 spiro atoms. The molecule has 15 heavy (non-hydrogen) atoms. The second-order valence-electron chi connectivity index (χ2n) is 3.62. The molecule has 0 saturated carbocycles. The molecule has 1 N–H and O–H groups in total. The number of hydrogen-bond donors (Lipinski definition) is 1. The highest BCUT2D eigenvalue weighted by molar-refractivity contribution is 8.01. The van der Waals surface area contributed by atoms with Crippen LogP contribution < -0.4 is 5.32 Å². The van der Waals surface area contributed by atoms with Crippen molar-refractivity contribution in [2.24, 2.45) is 0 Å². The van der Waals surface area contributed by atoms with E-state index < -0.39 is 9.84 Å². The predicted molar refractivity (Wildman–Crippen MR) is 66.1 cm³/mol. The van der Waals surface area contributed by atoms with Crippen LogP contribution in [0.3, 0.4) is 0 Å². The summed E-state index contributed by atoms with van der Waals surface area (Å²) in [5, 5.41) is 2.79. The van der Waals surface area contributed by atoms with E-state index in [1.54, 1.807) is 18.7 Å². The molecule has 1 saturated heterocycles. The SMILES string of the molecule is CCS(=O)(=O)C1CSCCN1CCNC. The molecule has 1 rings (SSSR count). The lowest BCUT2D eigenvalue weighted by molar-refractivity contribution is 0.272. The standard InChI is InChI=1S/C9H20N2O2S2/c1-3-15(12,13)9-8-14-7-6-11(9)5-4-10-2/h9-10H,3-8H2,1-2H3. The molecule has 1 aliphatic heterocycles. The molecule has 1 aliphatic rings. The molecule has 0 aliphatic carbocycles. The molecule has 0 amide bonds. The number of sulfone groups is 1. The molecule has 1 atom stereocenters. The number of nitrogens with zero attached hydrogens (tertiary/aromatic N) is 1. The fourth-order valence-electron chi connectivity index (χ4n) is 1.65. The van der Waals surface area contributed by atoms with Gasteiger partial charge in [0, 0.05) is 36.9 Å². The molecule has 1 heterocycles. The first-order valence-electron chi connectivity index (χ1n) is 5.29. The second kappa shape index (κ2) is 6.08. The van der Waals surface area contributed by atoms with Crippen molar-refractivity contribution in [1.29, 1.82) is 0 Å². The molecule has 0 aromatic heterocycles. The Morgan fingerprint density at radius 1 is 1.53 bits per heavy atom. The van der Waals surface area contributed by atoms with E-state index >= 15 is 0 Å². The predicted octanol–water partition coefficient (Wildman–Crippen LogP) is 0.0154. The third kappa shape index (κ3) is 3.62. The van der Waals surface area contributed by atoms with Crippen LogP contribution in [0.1, 0.15) is 6.92 Å². The Kier molecular flexibility index (Phi) is 5.38. The van der Waals surface area contributed by atoms with Gasteiger partial charge >= 0.3 is 0 Å². The first-order valence-corrected chi connectivity index (χ1v) is 8.16. The lowest BCUT2D eigenvalue weighted by Gasteiger charge is -2.34. The van der Waals surface area contributed by atoms with Gasteiger partial charge in [-0.2, -0.15) is 11.8 Å². The average Bonchev–Trinajstić information content (AvgIpc) is 2.26. The van der Waals surface area contributed by atoms with Crippen LogP contribution in [0.4, 0.5) is 0 Å². The van der Waals surface area contributed by atoms with Crippen molar-refractivity contribution in [3.05, 3.63) is 0 Å². The average molecular weight is 252 g/mol. The van der Waals surface area contributed by atoms with Crippen molar-refractivity contribution < 1.29 is 8.42 Å². The Balaban J connectivity index is 2.65. The lowest BCUT2D eigenvalue weighted by Crippen LogP contribution is -2.49. The van der Waals surface area contributed by atoms with Gasteiger partial charge in [-0.15, -0.1) is 0 Å². The smallest absolute Gasteiger partial charge is 0.166 e. The van der Waals surface area contributed by atoms with Gasteiger partial charge in [0.1, 0.15) is 5.37 Å². The van der Waals surface area contributed by atoms with Crippen molar-refractivity contribution >= 4 is 21.6 Å². The highest BCUT2D eigenvalue weighted by Gasteiger charge is 2.32. The highest BCUT2D eigenvalue weighted by Crippen LogP contribution is 2.20. The summed E-state index contributed by atoms with van der Waals surface area (Å²) in [6.45, 7) is 4.28. The van der Waals surface area contributed by atoms with Gasteiger partial charge in [-0.1, -0.05) is 6.92 Å². The topological polar surface area (TPSA) is 49.4 Å². The van der Waals surface area contributed by atoms with E-state index in [1.165, 1.54) is 0 Å². The van der Waals surface area contributed by atoms with Crippen LogP contribution in [-0.2, 0) is 9.84 Å². The Morgan fingerprint density at radius 3 is 2.87 bits per heavy atom. The van der Waals surface area contributed by atoms with Crippen molar-refractivity contribution in [2.45, 2.75) is 12.3 Å². The number of likely N-dealkylation sites (N-methyl/N-ethyl adjacent to an activating group) is 1. The van der Waals surface area contributed by atoms with Gasteiger partial charge in [0.15, 0.2) is 9.84 Å². The Labute approximate surface area is 96.7 Å². The monoisotopic (exact) mass is 252 g/mol. The van der Waals surface area contributed by atoms with E-state index in [2.05, 4.69) is 10.2 Å². The summed E-state index contributed by atoms with van der Waals surface area (Å²) in [5.41, 5.74) is 0. The normalized spacial score (nSPS) is 24.3. The molecule has 6 heteroatoms. The fraction of sp³-hybridized carbons (Fsp3) is 1.00. The van der Waals surface area contributed by atoms with Crippen molar-refractivity contribution in [3.63, 3.8) is 0 Å². The van der Waals surface area contributed by atoms with Gasteiger partial charge in [0.05, 0.1) is 0 Å². The summed E-state index contributed by atoms with van der Waals surface area (Å²) >= 11 is 1.74. The van der Waals surface area contributed by atoms with Crippen molar-refractivity contribution in [1.82, 2.24) is 10.2 Å². The van der Waals surface area contributed by atoms with E-state index in [1.807, 2.05) is 7.05 Å². The van der Waals surface area contributed by atoms with E-state index in [9.17, 15) is 8.42 Å². The maximum Gasteiger partial charge on any atom is 0.166 e. The van der Waals surface area contributed by atoms with Crippen LogP contribution in [0.2, 0.25) is 0 Å². The van der Waals surface area contributed by atoms with Gasteiger partial charge in [-0.25, -0.2) is 8.42 Å². The summed E-state index contributed by atoms with van der Waals surface area (Å²) in [7, 11) is -1.03. The molecule has 0 radical (unpaired) electrons. The molecule has 1 fully saturated rings. The molecule has 4 nitrogen and oxygen atoms in total. The van der Waals surface area contributed by atoms with Crippen LogP contribution in [0, 0.1) is 0 Å². The van der Waals surface area contributed by atoms with Gasteiger partial charge in [0.2, 0.25) is 0 Å². The Hall–Kier alpha value is 0.220. The van der Waals surface area contributed by atoms with Crippen LogP contribution in [0.15, 0.2) is 0 Å². The zero-order chi connectivity index (χ0) is 11.3. The van der Waals surface area contributed by atoms with Gasteiger partial charge in [-0.3, -0.25) is 4.90 Å². The minimum absolute atomic E-state index is 0.244. The minimum atomic E-state index is -2.92. The molecular weight excluding hydrogens is 232 g/mol. The first kappa shape index (κ1) is 13.3. The molecule has 0 bridgehead atoms. The maximum atomic E-state index is 11.9. The van der Waals surface area contributed by atoms with Crippen LogP contribution in [-0.4, -0.2) is 62.6 Å². The van der Waals surface area contributed by atoms with E-state index in [-0.39, 0.29) is 11.1 Å². The summed E-state index contributed by atoms with van der Waals surface area (Å²) in [4.78, 5) is 2.09. The number of rotatable bonds is 5. The van der Waals surface area contributed by atoms with E-state index in [0.717, 1.165) is 31.1 Å². The third-order valence-corrected chi connectivity index (χ3v) is 5.99. The zero-order valence-corrected chi connectivity index (χ0v) is 11.0. The molecule has 0 aromatic carbocycles. The van der Waals surface area contributed by atoms with Crippen LogP contribution >= 0.6 is 11.8 Å². The first-order chi connectivity index (χ1) is 7.11. The van der Waals surface area contributed by atoms with Gasteiger partial charge in [0.25, 0.3) is 0 Å². The number of nitrogens with one attached hydrogen (secondary N) is 1. The zero-order valence-electron chi connectivity index (χ0n) is 9.40.